The molecule has 3 aromatic heterocycles. The third kappa shape index (κ3) is 2.50. The molecule has 0 N–H and O–H groups in total. The Morgan fingerprint density at radius 1 is 1.21 bits per heavy atom. The monoisotopic (exact) mass is 316 g/mol. The molecular formula is C18H16N6. The van der Waals surface area contributed by atoms with Gasteiger partial charge in [-0.2, -0.15) is 10.4 Å². The molecule has 1 aliphatic rings. The van der Waals surface area contributed by atoms with Crippen LogP contribution in [0.3, 0.4) is 0 Å². The summed E-state index contributed by atoms with van der Waals surface area (Å²) in [6, 6.07) is 8.06. The van der Waals surface area contributed by atoms with Gasteiger partial charge in [-0.05, 0) is 36.2 Å². The fourth-order valence-corrected chi connectivity index (χ4v) is 3.10. The number of nitrogens with zero attached hydrogens (tertiary/aromatic N) is 6. The van der Waals surface area contributed by atoms with E-state index in [0.717, 1.165) is 42.3 Å². The maximum Gasteiger partial charge on any atom is 0.131 e. The van der Waals surface area contributed by atoms with Crippen molar-refractivity contribution in [2.24, 2.45) is 0 Å². The van der Waals surface area contributed by atoms with E-state index < -0.39 is 0 Å². The first-order valence-corrected chi connectivity index (χ1v) is 7.84. The normalized spacial score (nSPS) is 13.4. The van der Waals surface area contributed by atoms with Crippen LogP contribution in [-0.4, -0.2) is 26.3 Å². The number of hydrogen-bond acceptors (Lipinski definition) is 5. The van der Waals surface area contributed by atoms with Crippen LogP contribution in [0.4, 0.5) is 5.82 Å². The molecule has 0 aliphatic carbocycles. The highest BCUT2D eigenvalue weighted by atomic mass is 15.3. The molecular weight excluding hydrogens is 300 g/mol. The maximum atomic E-state index is 8.99. The molecule has 0 aromatic carbocycles. The molecule has 0 unspecified atom stereocenters. The van der Waals surface area contributed by atoms with Crippen molar-refractivity contribution in [3.8, 4) is 11.8 Å². The summed E-state index contributed by atoms with van der Waals surface area (Å²) in [5.74, 6) is 0.934. The van der Waals surface area contributed by atoms with Gasteiger partial charge in [-0.25, -0.2) is 9.67 Å². The van der Waals surface area contributed by atoms with E-state index in [2.05, 4.69) is 32.1 Å². The molecule has 6 heteroatoms. The highest BCUT2D eigenvalue weighted by Crippen LogP contribution is 2.26. The molecule has 0 saturated carbocycles. The molecule has 4 rings (SSSR count). The van der Waals surface area contributed by atoms with E-state index in [1.54, 1.807) is 12.4 Å². The summed E-state index contributed by atoms with van der Waals surface area (Å²) in [6.07, 6.45) is 8.06. The van der Waals surface area contributed by atoms with Crippen LogP contribution < -0.4 is 4.90 Å². The van der Waals surface area contributed by atoms with Crippen LogP contribution in [0.1, 0.15) is 22.4 Å². The zero-order chi connectivity index (χ0) is 16.5. The van der Waals surface area contributed by atoms with Crippen LogP contribution in [0.25, 0.3) is 5.69 Å². The smallest absolute Gasteiger partial charge is 0.131 e. The number of rotatable bonds is 2. The standard InChI is InChI=1S/C18H16N6/c1-13-7-14(9-19)10-21-18(13)23-6-3-17-15(12-23)8-16(11-20-17)24-5-2-4-22-24/h2,4-5,7-8,10-11H,3,6,12H2,1H3. The molecule has 0 radical (unpaired) electrons. The Hall–Kier alpha value is -3.20. The van der Waals surface area contributed by atoms with Crippen LogP contribution >= 0.6 is 0 Å². The summed E-state index contributed by atoms with van der Waals surface area (Å²) in [5, 5.41) is 13.3. The van der Waals surface area contributed by atoms with E-state index in [9.17, 15) is 0 Å². The Balaban J connectivity index is 1.66. The average molecular weight is 316 g/mol. The quantitative estimate of drug-likeness (QED) is 0.726. The maximum absolute atomic E-state index is 8.99. The van der Waals surface area contributed by atoms with Gasteiger partial charge in [0.25, 0.3) is 0 Å². The van der Waals surface area contributed by atoms with Crippen molar-refractivity contribution in [1.29, 1.82) is 5.26 Å². The van der Waals surface area contributed by atoms with E-state index in [-0.39, 0.29) is 0 Å². The van der Waals surface area contributed by atoms with Gasteiger partial charge in [0.05, 0.1) is 17.4 Å². The topological polar surface area (TPSA) is 70.6 Å². The van der Waals surface area contributed by atoms with Crippen molar-refractivity contribution < 1.29 is 0 Å². The lowest BCUT2D eigenvalue weighted by Gasteiger charge is -2.30. The summed E-state index contributed by atoms with van der Waals surface area (Å²) in [4.78, 5) is 11.3. The number of hydrogen-bond donors (Lipinski definition) is 0. The van der Waals surface area contributed by atoms with E-state index in [0.29, 0.717) is 5.56 Å². The molecule has 24 heavy (non-hydrogen) atoms. The number of aryl methyl sites for hydroxylation is 1. The number of aromatic nitrogens is 4. The molecule has 0 fully saturated rings. The molecule has 3 aromatic rings. The minimum Gasteiger partial charge on any atom is -0.352 e. The molecule has 0 spiro atoms. The Kier molecular flexibility index (Phi) is 3.47. The highest BCUT2D eigenvalue weighted by Gasteiger charge is 2.20. The Bertz CT molecular complexity index is 923. The summed E-state index contributed by atoms with van der Waals surface area (Å²) in [5.41, 5.74) is 4.91. The van der Waals surface area contributed by atoms with Gasteiger partial charge in [-0.15, -0.1) is 0 Å². The summed E-state index contributed by atoms with van der Waals surface area (Å²) in [6.45, 7) is 3.63. The summed E-state index contributed by atoms with van der Waals surface area (Å²) >= 11 is 0. The van der Waals surface area contributed by atoms with Crippen LogP contribution in [-0.2, 0) is 13.0 Å². The number of nitriles is 1. The number of anilines is 1. The van der Waals surface area contributed by atoms with Crippen molar-refractivity contribution in [2.45, 2.75) is 19.9 Å². The van der Waals surface area contributed by atoms with E-state index in [1.807, 2.05) is 36.1 Å². The van der Waals surface area contributed by atoms with Gasteiger partial charge in [-0.1, -0.05) is 0 Å². The highest BCUT2D eigenvalue weighted by molar-refractivity contribution is 5.52. The van der Waals surface area contributed by atoms with Gasteiger partial charge in [0.2, 0.25) is 0 Å². The van der Waals surface area contributed by atoms with Crippen molar-refractivity contribution in [3.63, 3.8) is 0 Å². The first-order chi connectivity index (χ1) is 11.7. The lowest BCUT2D eigenvalue weighted by molar-refractivity contribution is 0.697. The second-order valence-corrected chi connectivity index (χ2v) is 5.90. The van der Waals surface area contributed by atoms with Gasteiger partial charge in [0.1, 0.15) is 11.9 Å². The van der Waals surface area contributed by atoms with Gasteiger partial charge >= 0.3 is 0 Å². The molecule has 1 aliphatic heterocycles. The van der Waals surface area contributed by atoms with Crippen molar-refractivity contribution in [1.82, 2.24) is 19.7 Å². The first-order valence-electron chi connectivity index (χ1n) is 7.84. The minimum absolute atomic E-state index is 0.594. The molecule has 6 nitrogen and oxygen atoms in total. The van der Waals surface area contributed by atoms with Crippen LogP contribution in [0.15, 0.2) is 43.0 Å². The third-order valence-electron chi connectivity index (χ3n) is 4.27. The van der Waals surface area contributed by atoms with Crippen molar-refractivity contribution in [2.75, 3.05) is 11.4 Å². The summed E-state index contributed by atoms with van der Waals surface area (Å²) in [7, 11) is 0. The Morgan fingerprint density at radius 2 is 2.12 bits per heavy atom. The van der Waals surface area contributed by atoms with Gasteiger partial charge < -0.3 is 4.90 Å². The van der Waals surface area contributed by atoms with Crippen LogP contribution in [0.2, 0.25) is 0 Å². The zero-order valence-corrected chi connectivity index (χ0v) is 13.3. The fraction of sp³-hybridized carbons (Fsp3) is 0.222. The molecule has 0 saturated heterocycles. The van der Waals surface area contributed by atoms with E-state index in [4.69, 9.17) is 5.26 Å². The Morgan fingerprint density at radius 3 is 2.88 bits per heavy atom. The van der Waals surface area contributed by atoms with Gasteiger partial charge in [-0.3, -0.25) is 4.98 Å². The predicted molar refractivity (Wildman–Crippen MR) is 89.8 cm³/mol. The first kappa shape index (κ1) is 14.4. The average Bonchev–Trinajstić information content (AvgIpc) is 3.15. The van der Waals surface area contributed by atoms with E-state index >= 15 is 0 Å². The number of fused-ring (bicyclic) bond motifs is 1. The van der Waals surface area contributed by atoms with Crippen molar-refractivity contribution in [3.05, 3.63) is 65.4 Å². The van der Waals surface area contributed by atoms with Gasteiger partial charge in [0.15, 0.2) is 0 Å². The van der Waals surface area contributed by atoms with Crippen LogP contribution in [0, 0.1) is 18.3 Å². The summed E-state index contributed by atoms with van der Waals surface area (Å²) < 4.78 is 1.82. The molecule has 0 amide bonds. The second-order valence-electron chi connectivity index (χ2n) is 5.90. The van der Waals surface area contributed by atoms with Crippen LogP contribution in [0.5, 0.6) is 0 Å². The fourth-order valence-electron chi connectivity index (χ4n) is 3.10. The molecule has 0 atom stereocenters. The third-order valence-corrected chi connectivity index (χ3v) is 4.27. The minimum atomic E-state index is 0.594. The Labute approximate surface area is 140 Å². The lowest BCUT2D eigenvalue weighted by atomic mass is 10.0. The second kappa shape index (κ2) is 5.78. The largest absolute Gasteiger partial charge is 0.352 e. The zero-order valence-electron chi connectivity index (χ0n) is 13.3. The number of pyridine rings is 2. The van der Waals surface area contributed by atoms with Crippen molar-refractivity contribution >= 4 is 5.82 Å². The van der Waals surface area contributed by atoms with Gasteiger partial charge in [0, 0.05) is 43.8 Å². The lowest BCUT2D eigenvalue weighted by Crippen LogP contribution is -2.32. The molecule has 4 heterocycles. The van der Waals surface area contributed by atoms with E-state index in [1.165, 1.54) is 5.56 Å². The predicted octanol–water partition coefficient (Wildman–Crippen LogP) is 2.41. The molecule has 118 valence electrons. The SMILES string of the molecule is Cc1cc(C#N)cnc1N1CCc2ncc(-n3cccn3)cc2C1. The molecule has 0 bridgehead atoms.